The Balaban J connectivity index is 1.73. The Morgan fingerprint density at radius 2 is 1.89 bits per heavy atom. The Hall–Kier alpha value is -0.860. The number of hydrogen-bond acceptors (Lipinski definition) is 2. The second-order valence-electron chi connectivity index (χ2n) is 5.68. The van der Waals surface area contributed by atoms with Gasteiger partial charge in [-0.2, -0.15) is 0 Å². The fourth-order valence-electron chi connectivity index (χ4n) is 3.33. The molecular weight excluding hydrogens is 220 g/mol. The van der Waals surface area contributed by atoms with Gasteiger partial charge in [0.05, 0.1) is 0 Å². The Bertz CT molecular complexity index is 376. The third-order valence-electron chi connectivity index (χ3n) is 4.33. The van der Waals surface area contributed by atoms with E-state index in [9.17, 15) is 0 Å². The molecule has 0 bridgehead atoms. The van der Waals surface area contributed by atoms with Crippen LogP contribution in [-0.4, -0.2) is 24.5 Å². The Morgan fingerprint density at radius 3 is 2.67 bits per heavy atom. The van der Waals surface area contributed by atoms with Gasteiger partial charge in [-0.05, 0) is 56.4 Å². The SMILES string of the molecule is c1ccc(C2CCCN2)c(CN2CCCCC2)c1. The summed E-state index contributed by atoms with van der Waals surface area (Å²) < 4.78 is 0. The van der Waals surface area contributed by atoms with Crippen molar-refractivity contribution in [1.82, 2.24) is 10.2 Å². The summed E-state index contributed by atoms with van der Waals surface area (Å²) in [5.41, 5.74) is 3.08. The van der Waals surface area contributed by atoms with Crippen LogP contribution in [0.1, 0.15) is 49.3 Å². The van der Waals surface area contributed by atoms with Crippen LogP contribution in [0.4, 0.5) is 0 Å². The van der Waals surface area contributed by atoms with Crippen molar-refractivity contribution in [3.05, 3.63) is 35.4 Å². The van der Waals surface area contributed by atoms with Crippen LogP contribution in [0.3, 0.4) is 0 Å². The predicted molar refractivity (Wildman–Crippen MR) is 75.5 cm³/mol. The van der Waals surface area contributed by atoms with E-state index in [-0.39, 0.29) is 0 Å². The molecule has 0 amide bonds. The molecule has 2 saturated heterocycles. The fourth-order valence-corrected chi connectivity index (χ4v) is 3.33. The summed E-state index contributed by atoms with van der Waals surface area (Å²) >= 11 is 0. The molecule has 3 rings (SSSR count). The van der Waals surface area contributed by atoms with E-state index < -0.39 is 0 Å². The molecule has 2 aliphatic heterocycles. The molecule has 2 aliphatic rings. The zero-order valence-corrected chi connectivity index (χ0v) is 11.2. The normalized spacial score (nSPS) is 25.4. The van der Waals surface area contributed by atoms with Gasteiger partial charge in [0.1, 0.15) is 0 Å². The Morgan fingerprint density at radius 1 is 1.06 bits per heavy atom. The molecule has 2 heterocycles. The van der Waals surface area contributed by atoms with E-state index in [0.717, 1.165) is 6.54 Å². The molecule has 2 heteroatoms. The molecule has 0 aliphatic carbocycles. The summed E-state index contributed by atoms with van der Waals surface area (Å²) in [6, 6.07) is 9.63. The smallest absolute Gasteiger partial charge is 0.0323 e. The van der Waals surface area contributed by atoms with Gasteiger partial charge < -0.3 is 5.32 Å². The molecule has 18 heavy (non-hydrogen) atoms. The lowest BCUT2D eigenvalue weighted by Gasteiger charge is -2.28. The number of nitrogens with one attached hydrogen (secondary N) is 1. The molecule has 1 N–H and O–H groups in total. The second kappa shape index (κ2) is 5.85. The van der Waals surface area contributed by atoms with Gasteiger partial charge in [0, 0.05) is 12.6 Å². The summed E-state index contributed by atoms with van der Waals surface area (Å²) in [4.78, 5) is 2.62. The molecular formula is C16H24N2. The van der Waals surface area contributed by atoms with E-state index in [1.165, 1.54) is 51.7 Å². The zero-order chi connectivity index (χ0) is 12.2. The molecule has 0 aromatic heterocycles. The van der Waals surface area contributed by atoms with Crippen LogP contribution in [0.5, 0.6) is 0 Å². The summed E-state index contributed by atoms with van der Waals surface area (Å²) in [7, 11) is 0. The van der Waals surface area contributed by atoms with E-state index in [1.54, 1.807) is 11.1 Å². The third-order valence-corrected chi connectivity index (χ3v) is 4.33. The molecule has 0 radical (unpaired) electrons. The topological polar surface area (TPSA) is 15.3 Å². The first kappa shape index (κ1) is 12.2. The van der Waals surface area contributed by atoms with E-state index in [0.29, 0.717) is 6.04 Å². The summed E-state index contributed by atoms with van der Waals surface area (Å²) in [5, 5.41) is 3.63. The number of likely N-dealkylation sites (tertiary alicyclic amines) is 1. The summed E-state index contributed by atoms with van der Waals surface area (Å²) in [6.07, 6.45) is 6.80. The average Bonchev–Trinajstić information content (AvgIpc) is 2.94. The molecule has 1 aromatic carbocycles. The average molecular weight is 244 g/mol. The van der Waals surface area contributed by atoms with E-state index in [1.807, 2.05) is 0 Å². The molecule has 2 nitrogen and oxygen atoms in total. The lowest BCUT2D eigenvalue weighted by Crippen LogP contribution is -2.30. The van der Waals surface area contributed by atoms with Crippen LogP contribution < -0.4 is 5.32 Å². The molecule has 1 atom stereocenters. The van der Waals surface area contributed by atoms with E-state index in [4.69, 9.17) is 0 Å². The summed E-state index contributed by atoms with van der Waals surface area (Å²) in [6.45, 7) is 4.90. The molecule has 2 fully saturated rings. The van der Waals surface area contributed by atoms with Crippen molar-refractivity contribution in [3.8, 4) is 0 Å². The maximum absolute atomic E-state index is 3.63. The second-order valence-corrected chi connectivity index (χ2v) is 5.68. The van der Waals surface area contributed by atoms with Crippen LogP contribution in [-0.2, 0) is 6.54 Å². The Labute approximate surface area is 110 Å². The molecule has 0 spiro atoms. The van der Waals surface area contributed by atoms with E-state index >= 15 is 0 Å². The van der Waals surface area contributed by atoms with Crippen LogP contribution in [0, 0.1) is 0 Å². The molecule has 0 saturated carbocycles. The quantitative estimate of drug-likeness (QED) is 0.879. The molecule has 1 aromatic rings. The van der Waals surface area contributed by atoms with Crippen molar-refractivity contribution in [1.29, 1.82) is 0 Å². The number of benzene rings is 1. The predicted octanol–water partition coefficient (Wildman–Crippen LogP) is 3.10. The highest BCUT2D eigenvalue weighted by Gasteiger charge is 2.20. The highest BCUT2D eigenvalue weighted by molar-refractivity contribution is 5.30. The van der Waals surface area contributed by atoms with Crippen molar-refractivity contribution in [3.63, 3.8) is 0 Å². The fraction of sp³-hybridized carbons (Fsp3) is 0.625. The largest absolute Gasteiger partial charge is 0.310 e. The maximum Gasteiger partial charge on any atom is 0.0323 e. The maximum atomic E-state index is 3.63. The third kappa shape index (κ3) is 2.76. The molecule has 1 unspecified atom stereocenters. The van der Waals surface area contributed by atoms with Crippen LogP contribution in [0.2, 0.25) is 0 Å². The number of rotatable bonds is 3. The van der Waals surface area contributed by atoms with Crippen molar-refractivity contribution in [2.75, 3.05) is 19.6 Å². The summed E-state index contributed by atoms with van der Waals surface area (Å²) in [5.74, 6) is 0. The zero-order valence-electron chi connectivity index (χ0n) is 11.2. The lowest BCUT2D eigenvalue weighted by atomic mass is 9.98. The standard InChI is InChI=1S/C16H24N2/c1-4-11-18(12-5-1)13-14-7-2-3-8-15(14)16-9-6-10-17-16/h2-3,7-8,16-17H,1,4-6,9-13H2. The van der Waals surface area contributed by atoms with Gasteiger partial charge in [-0.1, -0.05) is 30.7 Å². The van der Waals surface area contributed by atoms with Gasteiger partial charge >= 0.3 is 0 Å². The van der Waals surface area contributed by atoms with E-state index in [2.05, 4.69) is 34.5 Å². The number of hydrogen-bond donors (Lipinski definition) is 1. The first-order valence-corrected chi connectivity index (χ1v) is 7.47. The van der Waals surface area contributed by atoms with Crippen LogP contribution >= 0.6 is 0 Å². The highest BCUT2D eigenvalue weighted by atomic mass is 15.1. The monoisotopic (exact) mass is 244 g/mol. The van der Waals surface area contributed by atoms with Crippen molar-refractivity contribution < 1.29 is 0 Å². The first-order chi connectivity index (χ1) is 8.93. The van der Waals surface area contributed by atoms with Crippen molar-refractivity contribution in [2.24, 2.45) is 0 Å². The minimum atomic E-state index is 0.603. The van der Waals surface area contributed by atoms with Crippen molar-refractivity contribution in [2.45, 2.75) is 44.7 Å². The van der Waals surface area contributed by atoms with Gasteiger partial charge in [-0.25, -0.2) is 0 Å². The number of nitrogens with zero attached hydrogens (tertiary/aromatic N) is 1. The van der Waals surface area contributed by atoms with Crippen molar-refractivity contribution >= 4 is 0 Å². The number of piperidine rings is 1. The van der Waals surface area contributed by atoms with Gasteiger partial charge in [-0.3, -0.25) is 4.90 Å². The highest BCUT2D eigenvalue weighted by Crippen LogP contribution is 2.27. The van der Waals surface area contributed by atoms with Crippen LogP contribution in [0.25, 0.3) is 0 Å². The lowest BCUT2D eigenvalue weighted by molar-refractivity contribution is 0.220. The van der Waals surface area contributed by atoms with Gasteiger partial charge in [0.25, 0.3) is 0 Å². The minimum absolute atomic E-state index is 0.603. The minimum Gasteiger partial charge on any atom is -0.310 e. The molecule has 98 valence electrons. The van der Waals surface area contributed by atoms with Gasteiger partial charge in [-0.15, -0.1) is 0 Å². The van der Waals surface area contributed by atoms with Crippen LogP contribution in [0.15, 0.2) is 24.3 Å². The Kier molecular flexibility index (Phi) is 3.96. The van der Waals surface area contributed by atoms with Gasteiger partial charge in [0.2, 0.25) is 0 Å². The van der Waals surface area contributed by atoms with Gasteiger partial charge in [0.15, 0.2) is 0 Å². The first-order valence-electron chi connectivity index (χ1n) is 7.47.